The van der Waals surface area contributed by atoms with E-state index in [4.69, 9.17) is 8.83 Å². The molecular weight excluding hydrogens is 490 g/mol. The minimum Gasteiger partial charge on any atom is -0.456 e. The lowest BCUT2D eigenvalue weighted by Gasteiger charge is -2.14. The van der Waals surface area contributed by atoms with Crippen molar-refractivity contribution < 1.29 is 8.83 Å². The van der Waals surface area contributed by atoms with Gasteiger partial charge in [-0.15, -0.1) is 0 Å². The molecular formula is C37H21NO2. The van der Waals surface area contributed by atoms with Crippen LogP contribution in [-0.4, -0.2) is 0 Å². The Morgan fingerprint density at radius 2 is 1.07 bits per heavy atom. The summed E-state index contributed by atoms with van der Waals surface area (Å²) in [5.74, 6) is 0. The minimum atomic E-state index is 0.600. The summed E-state index contributed by atoms with van der Waals surface area (Å²) in [7, 11) is 0. The van der Waals surface area contributed by atoms with Crippen molar-refractivity contribution in [3.63, 3.8) is 0 Å². The smallest absolute Gasteiger partial charge is 0.143 e. The third-order valence-corrected chi connectivity index (χ3v) is 7.74. The zero-order valence-corrected chi connectivity index (χ0v) is 21.4. The van der Waals surface area contributed by atoms with Gasteiger partial charge in [0.15, 0.2) is 0 Å². The van der Waals surface area contributed by atoms with Gasteiger partial charge in [0, 0.05) is 38.2 Å². The van der Waals surface area contributed by atoms with Crippen molar-refractivity contribution >= 4 is 43.9 Å². The van der Waals surface area contributed by atoms with Gasteiger partial charge < -0.3 is 8.83 Å². The Labute approximate surface area is 230 Å². The van der Waals surface area contributed by atoms with E-state index in [0.29, 0.717) is 5.56 Å². The van der Waals surface area contributed by atoms with Gasteiger partial charge in [0.2, 0.25) is 0 Å². The zero-order valence-electron chi connectivity index (χ0n) is 21.4. The maximum Gasteiger partial charge on any atom is 0.143 e. The molecule has 0 aliphatic rings. The summed E-state index contributed by atoms with van der Waals surface area (Å²) >= 11 is 0. The van der Waals surface area contributed by atoms with Crippen molar-refractivity contribution in [1.29, 1.82) is 5.26 Å². The lowest BCUT2D eigenvalue weighted by atomic mass is 9.87. The number of nitriles is 1. The second-order valence-corrected chi connectivity index (χ2v) is 10.0. The standard InChI is InChI=1S/C37H21NO2/c38-22-33-31(24-17-18-28-26-11-4-6-15-34(26)39-36(28)21-24)19-25(23-9-2-1-3-10-23)20-32(33)30-14-8-13-29-27-12-5-7-16-35(27)40-37(29)30/h1-21H. The molecule has 0 N–H and O–H groups in total. The van der Waals surface area contributed by atoms with Gasteiger partial charge in [-0.2, -0.15) is 5.26 Å². The van der Waals surface area contributed by atoms with E-state index in [-0.39, 0.29) is 0 Å². The second kappa shape index (κ2) is 8.73. The van der Waals surface area contributed by atoms with Crippen molar-refractivity contribution in [3.05, 3.63) is 133 Å². The van der Waals surface area contributed by atoms with E-state index in [2.05, 4.69) is 60.7 Å². The molecule has 8 aromatic rings. The van der Waals surface area contributed by atoms with E-state index in [1.54, 1.807) is 0 Å². The summed E-state index contributed by atoms with van der Waals surface area (Å²) in [6.45, 7) is 0. The molecule has 2 aromatic heterocycles. The van der Waals surface area contributed by atoms with Crippen LogP contribution in [0.5, 0.6) is 0 Å². The van der Waals surface area contributed by atoms with Crippen LogP contribution in [0.1, 0.15) is 5.56 Å². The molecule has 0 saturated carbocycles. The third-order valence-electron chi connectivity index (χ3n) is 7.74. The number of hydrogen-bond donors (Lipinski definition) is 0. The average Bonchev–Trinajstić information content (AvgIpc) is 3.59. The number of nitrogens with zero attached hydrogens (tertiary/aromatic N) is 1. The first kappa shape index (κ1) is 22.4. The van der Waals surface area contributed by atoms with Crippen LogP contribution in [0.25, 0.3) is 77.3 Å². The number of benzene rings is 6. The quantitative estimate of drug-likeness (QED) is 0.237. The fourth-order valence-electron chi connectivity index (χ4n) is 5.85. The van der Waals surface area contributed by atoms with E-state index >= 15 is 0 Å². The number of furan rings is 2. The van der Waals surface area contributed by atoms with E-state index in [9.17, 15) is 5.26 Å². The molecule has 3 heteroatoms. The average molecular weight is 512 g/mol. The monoisotopic (exact) mass is 511 g/mol. The van der Waals surface area contributed by atoms with Gasteiger partial charge in [-0.05, 0) is 53.1 Å². The summed E-state index contributed by atoms with van der Waals surface area (Å²) in [6, 6.07) is 45.5. The lowest BCUT2D eigenvalue weighted by molar-refractivity contribution is 0.669. The van der Waals surface area contributed by atoms with Gasteiger partial charge in [-0.1, -0.05) is 91.0 Å². The highest BCUT2D eigenvalue weighted by molar-refractivity contribution is 6.11. The van der Waals surface area contributed by atoms with Gasteiger partial charge >= 0.3 is 0 Å². The fourth-order valence-corrected chi connectivity index (χ4v) is 5.85. The normalized spacial score (nSPS) is 11.5. The van der Waals surface area contributed by atoms with Crippen molar-refractivity contribution in [2.75, 3.05) is 0 Å². The molecule has 0 fully saturated rings. The van der Waals surface area contributed by atoms with Gasteiger partial charge in [0.1, 0.15) is 28.4 Å². The van der Waals surface area contributed by atoms with E-state index < -0.39 is 0 Å². The lowest BCUT2D eigenvalue weighted by Crippen LogP contribution is -1.93. The minimum absolute atomic E-state index is 0.600. The Kier molecular flexibility index (Phi) is 4.89. The number of hydrogen-bond acceptors (Lipinski definition) is 3. The first-order valence-corrected chi connectivity index (χ1v) is 13.2. The molecule has 0 spiro atoms. The molecule has 0 bridgehead atoms. The van der Waals surface area contributed by atoms with Gasteiger partial charge in [-0.25, -0.2) is 0 Å². The van der Waals surface area contributed by atoms with Crippen molar-refractivity contribution in [1.82, 2.24) is 0 Å². The molecule has 0 aliphatic heterocycles. The van der Waals surface area contributed by atoms with Crippen LogP contribution in [0.2, 0.25) is 0 Å². The first-order chi connectivity index (χ1) is 19.8. The van der Waals surface area contributed by atoms with E-state index in [1.807, 2.05) is 72.8 Å². The van der Waals surface area contributed by atoms with Crippen molar-refractivity contribution in [3.8, 4) is 39.4 Å². The molecule has 0 aliphatic carbocycles. The Balaban J connectivity index is 1.44. The number of fused-ring (bicyclic) bond motifs is 6. The largest absolute Gasteiger partial charge is 0.456 e. The number of rotatable bonds is 3. The highest BCUT2D eigenvalue weighted by Crippen LogP contribution is 2.42. The maximum absolute atomic E-state index is 10.6. The second-order valence-electron chi connectivity index (χ2n) is 10.0. The predicted molar refractivity (Wildman–Crippen MR) is 162 cm³/mol. The topological polar surface area (TPSA) is 50.1 Å². The zero-order chi connectivity index (χ0) is 26.6. The molecule has 6 aromatic carbocycles. The first-order valence-electron chi connectivity index (χ1n) is 13.2. The molecule has 0 unspecified atom stereocenters. The maximum atomic E-state index is 10.6. The third kappa shape index (κ3) is 3.37. The van der Waals surface area contributed by atoms with Crippen LogP contribution in [0.15, 0.2) is 136 Å². The van der Waals surface area contributed by atoms with Crippen LogP contribution in [0.4, 0.5) is 0 Å². The Hall–Kier alpha value is -5.59. The summed E-state index contributed by atoms with van der Waals surface area (Å²) in [6.07, 6.45) is 0. The molecule has 0 amide bonds. The number of para-hydroxylation sites is 3. The summed E-state index contributed by atoms with van der Waals surface area (Å²) in [4.78, 5) is 0. The molecule has 40 heavy (non-hydrogen) atoms. The Morgan fingerprint density at radius 3 is 1.88 bits per heavy atom. The summed E-state index contributed by atoms with van der Waals surface area (Å²) in [5, 5.41) is 14.9. The molecule has 8 rings (SSSR count). The SMILES string of the molecule is N#Cc1c(-c2ccc3c(c2)oc2ccccc23)cc(-c2ccccc2)cc1-c1cccc2c1oc1ccccc12. The molecule has 0 radical (unpaired) electrons. The predicted octanol–water partition coefficient (Wildman–Crippen LogP) is 10.4. The van der Waals surface area contributed by atoms with Gasteiger partial charge in [0.25, 0.3) is 0 Å². The van der Waals surface area contributed by atoms with Gasteiger partial charge in [-0.3, -0.25) is 0 Å². The molecule has 0 atom stereocenters. The molecule has 3 nitrogen and oxygen atoms in total. The highest BCUT2D eigenvalue weighted by atomic mass is 16.3. The van der Waals surface area contributed by atoms with Crippen molar-refractivity contribution in [2.45, 2.75) is 0 Å². The van der Waals surface area contributed by atoms with E-state index in [1.165, 1.54) is 0 Å². The highest BCUT2D eigenvalue weighted by Gasteiger charge is 2.20. The van der Waals surface area contributed by atoms with E-state index in [0.717, 1.165) is 77.3 Å². The van der Waals surface area contributed by atoms with Crippen LogP contribution in [0.3, 0.4) is 0 Å². The molecule has 186 valence electrons. The van der Waals surface area contributed by atoms with Crippen LogP contribution >= 0.6 is 0 Å². The van der Waals surface area contributed by atoms with Crippen LogP contribution in [0, 0.1) is 11.3 Å². The summed E-state index contributed by atoms with van der Waals surface area (Å²) < 4.78 is 12.6. The Bertz CT molecular complexity index is 2280. The Morgan fingerprint density at radius 1 is 0.425 bits per heavy atom. The van der Waals surface area contributed by atoms with Crippen molar-refractivity contribution in [2.24, 2.45) is 0 Å². The summed E-state index contributed by atoms with van der Waals surface area (Å²) in [5.41, 5.74) is 9.50. The van der Waals surface area contributed by atoms with Gasteiger partial charge in [0.05, 0.1) is 5.56 Å². The molecule has 2 heterocycles. The fraction of sp³-hybridized carbons (Fsp3) is 0. The van der Waals surface area contributed by atoms with Crippen LogP contribution < -0.4 is 0 Å². The van der Waals surface area contributed by atoms with Crippen LogP contribution in [-0.2, 0) is 0 Å². The molecule has 0 saturated heterocycles.